The van der Waals surface area contributed by atoms with E-state index in [0.29, 0.717) is 11.2 Å². The van der Waals surface area contributed by atoms with E-state index in [9.17, 15) is 18.0 Å². The molecular formula is C17H10F3N5O3. The third-order valence-electron chi connectivity index (χ3n) is 3.79. The van der Waals surface area contributed by atoms with Crippen molar-refractivity contribution < 1.29 is 27.2 Å². The summed E-state index contributed by atoms with van der Waals surface area (Å²) in [7, 11) is 0. The number of hydrogen-bond donors (Lipinski definition) is 0. The van der Waals surface area contributed by atoms with E-state index in [4.69, 9.17) is 9.26 Å². The van der Waals surface area contributed by atoms with Crippen molar-refractivity contribution in [2.24, 2.45) is 0 Å². The Hall–Kier alpha value is -3.76. The zero-order valence-electron chi connectivity index (χ0n) is 13.9. The fourth-order valence-corrected chi connectivity index (χ4v) is 2.40. The van der Waals surface area contributed by atoms with E-state index in [1.54, 1.807) is 10.5 Å². The maximum Gasteiger partial charge on any atom is 0.416 e. The van der Waals surface area contributed by atoms with E-state index in [-0.39, 0.29) is 23.9 Å². The summed E-state index contributed by atoms with van der Waals surface area (Å²) in [5.41, 5.74) is 0.413. The summed E-state index contributed by atoms with van der Waals surface area (Å²) >= 11 is 0. The minimum absolute atomic E-state index is 0.00798. The summed E-state index contributed by atoms with van der Waals surface area (Å²) in [4.78, 5) is 16.1. The molecule has 0 saturated carbocycles. The van der Waals surface area contributed by atoms with Gasteiger partial charge in [0.15, 0.2) is 12.3 Å². The number of aromatic nitrogens is 5. The summed E-state index contributed by atoms with van der Waals surface area (Å²) in [6.45, 7) is -0.285. The molecule has 0 saturated heterocycles. The predicted octanol–water partition coefficient (Wildman–Crippen LogP) is 3.16. The maximum atomic E-state index is 12.6. The molecule has 0 N–H and O–H groups in total. The van der Waals surface area contributed by atoms with Gasteiger partial charge in [0.25, 0.3) is 5.89 Å². The molecule has 142 valence electrons. The largest absolute Gasteiger partial charge is 0.452 e. The lowest BCUT2D eigenvalue weighted by atomic mass is 10.1. The Kier molecular flexibility index (Phi) is 4.26. The number of pyridine rings is 1. The molecule has 0 aliphatic heterocycles. The zero-order valence-corrected chi connectivity index (χ0v) is 13.9. The number of esters is 1. The lowest BCUT2D eigenvalue weighted by Crippen LogP contribution is -2.06. The van der Waals surface area contributed by atoms with Crippen LogP contribution in [0.5, 0.6) is 0 Å². The number of ether oxygens (including phenoxy) is 1. The van der Waals surface area contributed by atoms with Crippen LogP contribution in [0.2, 0.25) is 0 Å². The molecule has 0 radical (unpaired) electrons. The number of nitrogens with zero attached hydrogens (tertiary/aromatic N) is 5. The highest BCUT2D eigenvalue weighted by Gasteiger charge is 2.30. The molecule has 28 heavy (non-hydrogen) atoms. The summed E-state index contributed by atoms with van der Waals surface area (Å²) in [6.07, 6.45) is -1.47. The van der Waals surface area contributed by atoms with Gasteiger partial charge in [-0.15, -0.1) is 10.2 Å². The number of hydrogen-bond acceptors (Lipinski definition) is 7. The van der Waals surface area contributed by atoms with Crippen LogP contribution >= 0.6 is 0 Å². The average molecular weight is 389 g/mol. The Morgan fingerprint density at radius 1 is 1.14 bits per heavy atom. The predicted molar refractivity (Wildman–Crippen MR) is 86.8 cm³/mol. The van der Waals surface area contributed by atoms with E-state index in [1.807, 2.05) is 0 Å². The quantitative estimate of drug-likeness (QED) is 0.495. The SMILES string of the molecule is O=C(OCc1nc(-c2ccc(C(F)(F)F)cc2)no1)c1ccc2nncn2c1. The van der Waals surface area contributed by atoms with Crippen LogP contribution in [0.25, 0.3) is 17.0 Å². The van der Waals surface area contributed by atoms with Gasteiger partial charge in [0.1, 0.15) is 6.33 Å². The van der Waals surface area contributed by atoms with Crippen LogP contribution in [-0.2, 0) is 17.5 Å². The first-order valence-corrected chi connectivity index (χ1v) is 7.87. The summed E-state index contributed by atoms with van der Waals surface area (Å²) in [6, 6.07) is 7.46. The van der Waals surface area contributed by atoms with Gasteiger partial charge < -0.3 is 9.26 Å². The number of rotatable bonds is 4. The molecular weight excluding hydrogens is 379 g/mol. The van der Waals surface area contributed by atoms with Crippen molar-refractivity contribution in [3.05, 3.63) is 65.9 Å². The van der Waals surface area contributed by atoms with Crippen molar-refractivity contribution in [1.29, 1.82) is 0 Å². The normalized spacial score (nSPS) is 11.7. The molecule has 8 nitrogen and oxygen atoms in total. The van der Waals surface area contributed by atoms with E-state index in [0.717, 1.165) is 12.1 Å². The minimum atomic E-state index is -4.43. The number of benzene rings is 1. The Labute approximate surface area is 154 Å². The number of carbonyl (C=O) groups is 1. The van der Waals surface area contributed by atoms with Crippen LogP contribution in [0.15, 0.2) is 53.4 Å². The van der Waals surface area contributed by atoms with Gasteiger partial charge in [-0.2, -0.15) is 18.2 Å². The highest BCUT2D eigenvalue weighted by molar-refractivity contribution is 5.89. The van der Waals surface area contributed by atoms with Gasteiger partial charge in [0.2, 0.25) is 5.82 Å². The van der Waals surface area contributed by atoms with Gasteiger partial charge in [0.05, 0.1) is 11.1 Å². The Bertz CT molecular complexity index is 1130. The fourth-order valence-electron chi connectivity index (χ4n) is 2.40. The van der Waals surface area contributed by atoms with Gasteiger partial charge in [-0.05, 0) is 24.3 Å². The van der Waals surface area contributed by atoms with Crippen LogP contribution in [0.1, 0.15) is 21.8 Å². The van der Waals surface area contributed by atoms with Crippen molar-refractivity contribution in [1.82, 2.24) is 24.7 Å². The highest BCUT2D eigenvalue weighted by atomic mass is 19.4. The molecule has 0 fully saturated rings. The first-order chi connectivity index (χ1) is 13.4. The first-order valence-electron chi connectivity index (χ1n) is 7.87. The van der Waals surface area contributed by atoms with Crippen molar-refractivity contribution in [3.8, 4) is 11.4 Å². The fraction of sp³-hybridized carbons (Fsp3) is 0.118. The highest BCUT2D eigenvalue weighted by Crippen LogP contribution is 2.30. The zero-order chi connectivity index (χ0) is 19.7. The van der Waals surface area contributed by atoms with Crippen molar-refractivity contribution in [3.63, 3.8) is 0 Å². The van der Waals surface area contributed by atoms with Gasteiger partial charge >= 0.3 is 12.1 Å². The lowest BCUT2D eigenvalue weighted by Gasteiger charge is -2.05. The molecule has 0 aliphatic carbocycles. The van der Waals surface area contributed by atoms with Crippen LogP contribution in [0.3, 0.4) is 0 Å². The third-order valence-corrected chi connectivity index (χ3v) is 3.79. The molecule has 1 aromatic carbocycles. The van der Waals surface area contributed by atoms with Crippen molar-refractivity contribution >= 4 is 11.6 Å². The van der Waals surface area contributed by atoms with E-state index in [1.165, 1.54) is 30.7 Å². The molecule has 0 unspecified atom stereocenters. The second kappa shape index (κ2) is 6.76. The lowest BCUT2D eigenvalue weighted by molar-refractivity contribution is -0.137. The van der Waals surface area contributed by atoms with Gasteiger partial charge in [-0.1, -0.05) is 17.3 Å². The Morgan fingerprint density at radius 2 is 1.93 bits per heavy atom. The van der Waals surface area contributed by atoms with Crippen LogP contribution in [0, 0.1) is 0 Å². The number of alkyl halides is 3. The maximum absolute atomic E-state index is 12.6. The molecule has 0 atom stereocenters. The smallest absolute Gasteiger partial charge is 0.416 e. The molecule has 11 heteroatoms. The second-order valence-electron chi connectivity index (χ2n) is 5.68. The standard InChI is InChI=1S/C17H10F3N5O3/c18-17(19,20)12-4-1-10(2-5-12)15-22-14(28-24-15)8-27-16(26)11-3-6-13-23-21-9-25(13)7-11/h1-7,9H,8H2. The molecule has 0 amide bonds. The Morgan fingerprint density at radius 3 is 2.68 bits per heavy atom. The summed E-state index contributed by atoms with van der Waals surface area (Å²) in [5.74, 6) is -0.524. The molecule has 0 bridgehead atoms. The monoisotopic (exact) mass is 389 g/mol. The van der Waals surface area contributed by atoms with E-state index >= 15 is 0 Å². The number of halogens is 3. The molecule has 3 aromatic heterocycles. The summed E-state index contributed by atoms with van der Waals surface area (Å²) < 4.78 is 49.5. The van der Waals surface area contributed by atoms with Crippen LogP contribution in [0.4, 0.5) is 13.2 Å². The molecule has 4 rings (SSSR count). The topological polar surface area (TPSA) is 95.4 Å². The van der Waals surface area contributed by atoms with E-state index < -0.39 is 17.7 Å². The van der Waals surface area contributed by atoms with Gasteiger partial charge in [0, 0.05) is 11.8 Å². The van der Waals surface area contributed by atoms with Gasteiger partial charge in [-0.3, -0.25) is 4.40 Å². The summed E-state index contributed by atoms with van der Waals surface area (Å²) in [5, 5.41) is 11.2. The molecule has 0 aliphatic rings. The van der Waals surface area contributed by atoms with Gasteiger partial charge in [-0.25, -0.2) is 4.79 Å². The molecule has 4 aromatic rings. The van der Waals surface area contributed by atoms with E-state index in [2.05, 4.69) is 20.3 Å². The van der Waals surface area contributed by atoms with Crippen molar-refractivity contribution in [2.45, 2.75) is 12.8 Å². The Balaban J connectivity index is 1.42. The average Bonchev–Trinajstić information content (AvgIpc) is 3.34. The van der Waals surface area contributed by atoms with Crippen LogP contribution in [-0.4, -0.2) is 30.7 Å². The third kappa shape index (κ3) is 3.54. The van der Waals surface area contributed by atoms with Crippen LogP contribution < -0.4 is 0 Å². The number of carbonyl (C=O) groups excluding carboxylic acids is 1. The second-order valence-corrected chi connectivity index (χ2v) is 5.68. The van der Waals surface area contributed by atoms with Crippen molar-refractivity contribution in [2.75, 3.05) is 0 Å². The number of fused-ring (bicyclic) bond motifs is 1. The minimum Gasteiger partial charge on any atom is -0.452 e. The molecule has 3 heterocycles. The molecule has 0 spiro atoms. The first kappa shape index (κ1) is 17.6.